The molecule has 0 saturated carbocycles. The molecule has 1 aromatic rings. The van der Waals surface area contributed by atoms with Crippen LogP contribution in [0.3, 0.4) is 0 Å². The van der Waals surface area contributed by atoms with E-state index in [-0.39, 0.29) is 5.70 Å². The van der Waals surface area contributed by atoms with Gasteiger partial charge in [0.15, 0.2) is 0 Å². The van der Waals surface area contributed by atoms with Gasteiger partial charge in [-0.3, -0.25) is 10.1 Å². The first kappa shape index (κ1) is 10.2. The van der Waals surface area contributed by atoms with E-state index in [1.165, 1.54) is 13.1 Å². The lowest BCUT2D eigenvalue weighted by Gasteiger charge is -1.99. The number of nitro groups is 1. The molecule has 14 heavy (non-hydrogen) atoms. The van der Waals surface area contributed by atoms with Gasteiger partial charge in [0.1, 0.15) is 5.82 Å². The van der Waals surface area contributed by atoms with Crippen LogP contribution >= 0.6 is 0 Å². The third-order valence-corrected chi connectivity index (χ3v) is 1.63. The fourth-order valence-corrected chi connectivity index (χ4v) is 0.846. The minimum Gasteiger partial charge on any atom is -0.341 e. The van der Waals surface area contributed by atoms with Crippen LogP contribution in [-0.4, -0.2) is 9.91 Å². The summed E-state index contributed by atoms with van der Waals surface area (Å²) in [6.07, 6.45) is 2.97. The average molecular weight is 193 g/mol. The molecule has 1 aromatic heterocycles. The predicted molar refractivity (Wildman–Crippen MR) is 53.3 cm³/mol. The molecule has 5 heteroatoms. The van der Waals surface area contributed by atoms with E-state index in [0.29, 0.717) is 5.82 Å². The molecule has 1 heterocycles. The number of pyridine rings is 1. The Kier molecular flexibility index (Phi) is 3.17. The van der Waals surface area contributed by atoms with E-state index in [2.05, 4.69) is 10.3 Å². The van der Waals surface area contributed by atoms with Crippen molar-refractivity contribution in [2.24, 2.45) is 0 Å². The number of rotatable bonds is 3. The largest absolute Gasteiger partial charge is 0.341 e. The van der Waals surface area contributed by atoms with Gasteiger partial charge < -0.3 is 5.32 Å². The van der Waals surface area contributed by atoms with E-state index in [9.17, 15) is 10.1 Å². The monoisotopic (exact) mass is 193 g/mol. The van der Waals surface area contributed by atoms with Crippen LogP contribution in [-0.2, 0) is 0 Å². The predicted octanol–water partition coefficient (Wildman–Crippen LogP) is 1.94. The molecule has 0 aromatic carbocycles. The number of allylic oxidation sites excluding steroid dienone is 1. The van der Waals surface area contributed by atoms with Gasteiger partial charge in [-0.1, -0.05) is 0 Å². The van der Waals surface area contributed by atoms with E-state index in [1.54, 1.807) is 6.20 Å². The molecule has 0 radical (unpaired) electrons. The van der Waals surface area contributed by atoms with Gasteiger partial charge in [0.05, 0.1) is 11.1 Å². The molecule has 1 rings (SSSR count). The zero-order valence-electron chi connectivity index (χ0n) is 8.02. The molecule has 0 unspecified atom stereocenters. The molecule has 1 N–H and O–H groups in total. The Hall–Kier alpha value is -1.91. The molecule has 0 aliphatic rings. The molecule has 0 saturated heterocycles. The van der Waals surface area contributed by atoms with Crippen LogP contribution in [0.1, 0.15) is 12.5 Å². The third-order valence-electron chi connectivity index (χ3n) is 1.63. The van der Waals surface area contributed by atoms with Gasteiger partial charge in [-0.15, -0.1) is 0 Å². The Morgan fingerprint density at radius 2 is 2.43 bits per heavy atom. The summed E-state index contributed by atoms with van der Waals surface area (Å²) in [5.74, 6) is 0.603. The Bertz CT molecular complexity index is 374. The maximum absolute atomic E-state index is 10.3. The minimum absolute atomic E-state index is 0.0494. The highest BCUT2D eigenvalue weighted by molar-refractivity contribution is 5.39. The molecule has 0 amide bonds. The van der Waals surface area contributed by atoms with Gasteiger partial charge in [-0.2, -0.15) is 0 Å². The summed E-state index contributed by atoms with van der Waals surface area (Å²) < 4.78 is 0. The van der Waals surface area contributed by atoms with Crippen molar-refractivity contribution in [3.63, 3.8) is 0 Å². The standard InChI is InChI=1S/C9H11N3O2/c1-7-3-4-10-9(5-7)11-6-8(2)12(13)14/h3-6H,1-2H3,(H,10,11)/b8-6-. The Morgan fingerprint density at radius 1 is 1.71 bits per heavy atom. The number of hydrogen-bond acceptors (Lipinski definition) is 4. The fraction of sp³-hybridized carbons (Fsp3) is 0.222. The molecular weight excluding hydrogens is 182 g/mol. The quantitative estimate of drug-likeness (QED) is 0.588. The Labute approximate surface area is 81.6 Å². The highest BCUT2D eigenvalue weighted by Crippen LogP contribution is 2.05. The summed E-state index contributed by atoms with van der Waals surface area (Å²) in [7, 11) is 0. The topological polar surface area (TPSA) is 68.1 Å². The summed E-state index contributed by atoms with van der Waals surface area (Å²) in [4.78, 5) is 13.8. The Balaban J connectivity index is 2.71. The minimum atomic E-state index is -0.456. The SMILES string of the molecule is C/C(=C/Nc1cc(C)ccn1)[N+](=O)[O-]. The van der Waals surface area contributed by atoms with Crippen molar-refractivity contribution in [2.45, 2.75) is 13.8 Å². The van der Waals surface area contributed by atoms with E-state index in [1.807, 2.05) is 19.1 Å². The van der Waals surface area contributed by atoms with Crippen molar-refractivity contribution >= 4 is 5.82 Å². The van der Waals surface area contributed by atoms with E-state index in [4.69, 9.17) is 0 Å². The molecule has 0 fully saturated rings. The van der Waals surface area contributed by atoms with Crippen LogP contribution in [0, 0.1) is 17.0 Å². The van der Waals surface area contributed by atoms with Crippen LogP contribution in [0.4, 0.5) is 5.82 Å². The number of hydrogen-bond donors (Lipinski definition) is 1. The number of nitrogens with zero attached hydrogens (tertiary/aromatic N) is 2. The number of aromatic nitrogens is 1. The summed E-state index contributed by atoms with van der Waals surface area (Å²) >= 11 is 0. The highest BCUT2D eigenvalue weighted by atomic mass is 16.6. The maximum atomic E-state index is 10.3. The fourth-order valence-electron chi connectivity index (χ4n) is 0.846. The zero-order chi connectivity index (χ0) is 10.6. The van der Waals surface area contributed by atoms with Crippen molar-refractivity contribution in [3.8, 4) is 0 Å². The lowest BCUT2D eigenvalue weighted by atomic mass is 10.3. The number of aryl methyl sites for hydroxylation is 1. The van der Waals surface area contributed by atoms with Crippen LogP contribution in [0.2, 0.25) is 0 Å². The van der Waals surface area contributed by atoms with Gasteiger partial charge >= 0.3 is 0 Å². The smallest absolute Gasteiger partial charge is 0.259 e. The van der Waals surface area contributed by atoms with Crippen molar-refractivity contribution in [1.82, 2.24) is 4.98 Å². The molecule has 0 spiro atoms. The van der Waals surface area contributed by atoms with Gasteiger partial charge in [0.25, 0.3) is 5.70 Å². The molecular formula is C9H11N3O2. The molecule has 0 aliphatic heterocycles. The van der Waals surface area contributed by atoms with Crippen LogP contribution in [0.25, 0.3) is 0 Å². The van der Waals surface area contributed by atoms with Crippen molar-refractivity contribution in [1.29, 1.82) is 0 Å². The summed E-state index contributed by atoms with van der Waals surface area (Å²) in [5, 5.41) is 13.0. The lowest BCUT2D eigenvalue weighted by Crippen LogP contribution is -1.99. The van der Waals surface area contributed by atoms with Gasteiger partial charge in [-0.25, -0.2) is 4.98 Å². The van der Waals surface area contributed by atoms with Crippen LogP contribution in [0.15, 0.2) is 30.2 Å². The number of anilines is 1. The Morgan fingerprint density at radius 3 is 3.00 bits per heavy atom. The van der Waals surface area contributed by atoms with Crippen LogP contribution < -0.4 is 5.32 Å². The first-order valence-corrected chi connectivity index (χ1v) is 4.10. The zero-order valence-corrected chi connectivity index (χ0v) is 8.02. The third kappa shape index (κ3) is 2.85. The first-order chi connectivity index (χ1) is 6.59. The van der Waals surface area contributed by atoms with Crippen molar-refractivity contribution in [3.05, 3.63) is 45.9 Å². The first-order valence-electron chi connectivity index (χ1n) is 4.10. The molecule has 0 atom stereocenters. The van der Waals surface area contributed by atoms with Crippen molar-refractivity contribution in [2.75, 3.05) is 5.32 Å². The van der Waals surface area contributed by atoms with E-state index in [0.717, 1.165) is 5.56 Å². The number of nitrogens with one attached hydrogen (secondary N) is 1. The van der Waals surface area contributed by atoms with Crippen LogP contribution in [0.5, 0.6) is 0 Å². The molecule has 5 nitrogen and oxygen atoms in total. The molecule has 74 valence electrons. The average Bonchev–Trinajstić information content (AvgIpc) is 2.14. The van der Waals surface area contributed by atoms with Crippen molar-refractivity contribution < 1.29 is 4.92 Å². The maximum Gasteiger partial charge on any atom is 0.259 e. The summed E-state index contributed by atoms with van der Waals surface area (Å²) in [6, 6.07) is 3.67. The molecule has 0 aliphatic carbocycles. The van der Waals surface area contributed by atoms with Gasteiger partial charge in [0.2, 0.25) is 0 Å². The van der Waals surface area contributed by atoms with Gasteiger partial charge in [-0.05, 0) is 24.6 Å². The normalized spacial score (nSPS) is 11.1. The van der Waals surface area contributed by atoms with E-state index < -0.39 is 4.92 Å². The lowest BCUT2D eigenvalue weighted by molar-refractivity contribution is -0.424. The second-order valence-corrected chi connectivity index (χ2v) is 2.91. The molecule has 0 bridgehead atoms. The summed E-state index contributed by atoms with van der Waals surface area (Å²) in [6.45, 7) is 3.35. The second kappa shape index (κ2) is 4.36. The highest BCUT2D eigenvalue weighted by Gasteiger charge is 2.00. The second-order valence-electron chi connectivity index (χ2n) is 2.91. The van der Waals surface area contributed by atoms with Gasteiger partial charge in [0, 0.05) is 13.1 Å². The summed E-state index contributed by atoms with van der Waals surface area (Å²) in [5.41, 5.74) is 1.10. The van der Waals surface area contributed by atoms with E-state index >= 15 is 0 Å².